The van der Waals surface area contributed by atoms with Crippen molar-refractivity contribution in [1.29, 1.82) is 0 Å². The van der Waals surface area contributed by atoms with Crippen LogP contribution in [0.2, 0.25) is 0 Å². The Hall–Kier alpha value is -2.63. The van der Waals surface area contributed by atoms with Gasteiger partial charge in [0, 0.05) is 19.3 Å². The topological polar surface area (TPSA) is 78.9 Å². The highest BCUT2D eigenvalue weighted by Gasteiger charge is 2.19. The standard InChI is InChI=1S/C59H106O6/c1-4-7-10-13-16-19-22-24-26-28-29-31-32-34-37-40-43-46-49-52-58(61)64-55-56(54-63-57(60)51-48-45-42-39-36-21-18-15-12-9-6-3)65-59(62)53-50-47-44-41-38-35-33-30-27-25-23-20-17-14-11-8-5-2/h9,12,18,21,25,27,39,42,56H,4-8,10-11,13-17,19-20,22-24,26,28-38,40-41,43-55H2,1-3H3/b12-9-,21-18-,27-25-,42-39-. The molecule has 65 heavy (non-hydrogen) atoms. The molecule has 6 heteroatoms. The minimum Gasteiger partial charge on any atom is -0.462 e. The maximum absolute atomic E-state index is 12.8. The van der Waals surface area contributed by atoms with Gasteiger partial charge in [-0.1, -0.05) is 249 Å². The van der Waals surface area contributed by atoms with Gasteiger partial charge in [0.15, 0.2) is 6.10 Å². The second-order valence-electron chi connectivity index (χ2n) is 18.8. The van der Waals surface area contributed by atoms with Crippen molar-refractivity contribution in [2.75, 3.05) is 13.2 Å². The molecule has 0 aromatic rings. The Morgan fingerprint density at radius 2 is 0.615 bits per heavy atom. The first kappa shape index (κ1) is 62.4. The van der Waals surface area contributed by atoms with E-state index in [1.165, 1.54) is 180 Å². The zero-order valence-electron chi connectivity index (χ0n) is 43.3. The summed E-state index contributed by atoms with van der Waals surface area (Å²) in [5.74, 6) is -0.937. The van der Waals surface area contributed by atoms with Crippen molar-refractivity contribution in [1.82, 2.24) is 0 Å². The molecular weight excluding hydrogens is 805 g/mol. The van der Waals surface area contributed by atoms with Crippen LogP contribution in [-0.4, -0.2) is 37.2 Å². The van der Waals surface area contributed by atoms with Gasteiger partial charge in [0.05, 0.1) is 0 Å². The van der Waals surface area contributed by atoms with E-state index >= 15 is 0 Å². The van der Waals surface area contributed by atoms with Gasteiger partial charge in [-0.2, -0.15) is 0 Å². The van der Waals surface area contributed by atoms with Crippen LogP contribution in [0, 0.1) is 0 Å². The molecule has 0 saturated heterocycles. The van der Waals surface area contributed by atoms with Crippen LogP contribution in [0.3, 0.4) is 0 Å². The van der Waals surface area contributed by atoms with Crippen LogP contribution in [0.1, 0.15) is 290 Å². The summed E-state index contributed by atoms with van der Waals surface area (Å²) >= 11 is 0. The molecule has 1 atom stereocenters. The molecule has 0 aliphatic rings. The van der Waals surface area contributed by atoms with E-state index < -0.39 is 6.10 Å². The predicted molar refractivity (Wildman–Crippen MR) is 279 cm³/mol. The van der Waals surface area contributed by atoms with Crippen molar-refractivity contribution in [3.05, 3.63) is 48.6 Å². The predicted octanol–water partition coefficient (Wildman–Crippen LogP) is 18.7. The average molecular weight is 911 g/mol. The zero-order chi connectivity index (χ0) is 47.2. The summed E-state index contributed by atoms with van der Waals surface area (Å²) in [7, 11) is 0. The Balaban J connectivity index is 4.33. The molecule has 6 nitrogen and oxygen atoms in total. The first-order valence-electron chi connectivity index (χ1n) is 28.1. The van der Waals surface area contributed by atoms with Crippen LogP contribution in [0.5, 0.6) is 0 Å². The minimum absolute atomic E-state index is 0.0876. The van der Waals surface area contributed by atoms with Crippen LogP contribution in [0.15, 0.2) is 48.6 Å². The summed E-state index contributed by atoms with van der Waals surface area (Å²) in [6.45, 7) is 6.50. The lowest BCUT2D eigenvalue weighted by atomic mass is 10.0. The molecule has 0 aromatic heterocycles. The van der Waals surface area contributed by atoms with Crippen molar-refractivity contribution in [2.45, 2.75) is 297 Å². The third-order valence-electron chi connectivity index (χ3n) is 12.3. The van der Waals surface area contributed by atoms with Crippen LogP contribution < -0.4 is 0 Å². The molecule has 0 N–H and O–H groups in total. The Morgan fingerprint density at radius 1 is 0.323 bits per heavy atom. The number of esters is 3. The molecule has 0 amide bonds. The van der Waals surface area contributed by atoms with Gasteiger partial charge in [-0.25, -0.2) is 0 Å². The first-order chi connectivity index (χ1) is 32.0. The van der Waals surface area contributed by atoms with Crippen LogP contribution in [0.4, 0.5) is 0 Å². The maximum Gasteiger partial charge on any atom is 0.306 e. The lowest BCUT2D eigenvalue weighted by Gasteiger charge is -2.18. The number of rotatable bonds is 51. The monoisotopic (exact) mass is 911 g/mol. The summed E-state index contributed by atoms with van der Waals surface area (Å²) in [6.07, 6.45) is 65.5. The molecule has 0 fully saturated rings. The number of hydrogen-bond acceptors (Lipinski definition) is 6. The number of carbonyl (C=O) groups is 3. The van der Waals surface area contributed by atoms with E-state index in [2.05, 4.69) is 69.4 Å². The van der Waals surface area contributed by atoms with E-state index in [4.69, 9.17) is 14.2 Å². The molecule has 0 radical (unpaired) electrons. The molecule has 378 valence electrons. The Kier molecular flexibility index (Phi) is 51.8. The normalized spacial score (nSPS) is 12.4. The Morgan fingerprint density at radius 3 is 1.02 bits per heavy atom. The summed E-state index contributed by atoms with van der Waals surface area (Å²) in [5.41, 5.74) is 0. The lowest BCUT2D eigenvalue weighted by molar-refractivity contribution is -0.167. The molecule has 0 saturated carbocycles. The number of hydrogen-bond donors (Lipinski definition) is 0. The van der Waals surface area contributed by atoms with Gasteiger partial charge in [0.25, 0.3) is 0 Å². The zero-order valence-corrected chi connectivity index (χ0v) is 43.3. The first-order valence-corrected chi connectivity index (χ1v) is 28.1. The number of ether oxygens (including phenoxy) is 3. The highest BCUT2D eigenvalue weighted by Crippen LogP contribution is 2.16. The van der Waals surface area contributed by atoms with Crippen molar-refractivity contribution in [3.63, 3.8) is 0 Å². The summed E-state index contributed by atoms with van der Waals surface area (Å²) < 4.78 is 16.8. The van der Waals surface area contributed by atoms with E-state index in [1.807, 2.05) is 0 Å². The highest BCUT2D eigenvalue weighted by molar-refractivity contribution is 5.71. The smallest absolute Gasteiger partial charge is 0.306 e. The summed E-state index contributed by atoms with van der Waals surface area (Å²) in [4.78, 5) is 38.0. The lowest BCUT2D eigenvalue weighted by Crippen LogP contribution is -2.30. The number of allylic oxidation sites excluding steroid dienone is 8. The van der Waals surface area contributed by atoms with E-state index in [9.17, 15) is 14.4 Å². The fourth-order valence-corrected chi connectivity index (χ4v) is 8.11. The second kappa shape index (κ2) is 54.0. The summed E-state index contributed by atoms with van der Waals surface area (Å²) in [6, 6.07) is 0. The summed E-state index contributed by atoms with van der Waals surface area (Å²) in [5, 5.41) is 0. The largest absolute Gasteiger partial charge is 0.462 e. The van der Waals surface area contributed by atoms with E-state index in [-0.39, 0.29) is 37.5 Å². The van der Waals surface area contributed by atoms with E-state index in [1.54, 1.807) is 0 Å². The van der Waals surface area contributed by atoms with Gasteiger partial charge < -0.3 is 14.2 Å². The van der Waals surface area contributed by atoms with Gasteiger partial charge in [-0.3, -0.25) is 14.4 Å². The molecule has 0 aromatic carbocycles. The average Bonchev–Trinajstić information content (AvgIpc) is 3.30. The maximum atomic E-state index is 12.8. The van der Waals surface area contributed by atoms with Crippen molar-refractivity contribution in [2.24, 2.45) is 0 Å². The SMILES string of the molecule is CC/C=C\C/C=C\C/C=C\CCCC(=O)OCC(COC(=O)CCCCCCCCCCCCCCCCCCCCC)OC(=O)CCCCCCCCC/C=C\CCCCCCCC. The van der Waals surface area contributed by atoms with Crippen molar-refractivity contribution >= 4 is 17.9 Å². The van der Waals surface area contributed by atoms with Gasteiger partial charge in [-0.05, 0) is 70.6 Å². The van der Waals surface area contributed by atoms with Gasteiger partial charge >= 0.3 is 17.9 Å². The van der Waals surface area contributed by atoms with Gasteiger partial charge in [-0.15, -0.1) is 0 Å². The van der Waals surface area contributed by atoms with Crippen LogP contribution >= 0.6 is 0 Å². The van der Waals surface area contributed by atoms with Gasteiger partial charge in [0.2, 0.25) is 0 Å². The molecule has 0 heterocycles. The molecular formula is C59H106O6. The van der Waals surface area contributed by atoms with E-state index in [0.29, 0.717) is 19.3 Å². The Bertz CT molecular complexity index is 1140. The second-order valence-corrected chi connectivity index (χ2v) is 18.8. The van der Waals surface area contributed by atoms with Crippen molar-refractivity contribution < 1.29 is 28.6 Å². The van der Waals surface area contributed by atoms with Crippen molar-refractivity contribution in [3.8, 4) is 0 Å². The van der Waals surface area contributed by atoms with Gasteiger partial charge in [0.1, 0.15) is 13.2 Å². The molecule has 0 rings (SSSR count). The van der Waals surface area contributed by atoms with Crippen LogP contribution in [-0.2, 0) is 28.6 Å². The third-order valence-corrected chi connectivity index (χ3v) is 12.3. The minimum atomic E-state index is -0.792. The highest BCUT2D eigenvalue weighted by atomic mass is 16.6. The quantitative estimate of drug-likeness (QED) is 0.0262. The fraction of sp³-hybridized carbons (Fsp3) is 0.814. The molecule has 0 bridgehead atoms. The Labute approximate surface area is 403 Å². The third kappa shape index (κ3) is 52.2. The van der Waals surface area contributed by atoms with Crippen LogP contribution in [0.25, 0.3) is 0 Å². The molecule has 0 aliphatic carbocycles. The fourth-order valence-electron chi connectivity index (χ4n) is 8.11. The van der Waals surface area contributed by atoms with E-state index in [0.717, 1.165) is 64.2 Å². The number of unbranched alkanes of at least 4 members (excludes halogenated alkanes) is 32. The molecule has 0 aliphatic heterocycles. The number of carbonyl (C=O) groups excluding carboxylic acids is 3. The molecule has 1 unspecified atom stereocenters. The molecule has 0 spiro atoms.